The zero-order valence-electron chi connectivity index (χ0n) is 37.6. The van der Waals surface area contributed by atoms with E-state index in [-0.39, 0.29) is 65.5 Å². The van der Waals surface area contributed by atoms with Gasteiger partial charge in [-0.15, -0.1) is 41.0 Å². The van der Waals surface area contributed by atoms with Gasteiger partial charge in [-0.05, 0) is 72.8 Å². The van der Waals surface area contributed by atoms with E-state index in [1.807, 2.05) is 97.1 Å². The summed E-state index contributed by atoms with van der Waals surface area (Å²) in [5.74, 6) is 0. The van der Waals surface area contributed by atoms with Gasteiger partial charge in [0.25, 0.3) is 0 Å². The smallest absolute Gasteiger partial charge is 0.0973 e. The van der Waals surface area contributed by atoms with Crippen LogP contribution in [0.5, 0.6) is 0 Å². The first-order chi connectivity index (χ1) is 33.8. The second-order valence-electron chi connectivity index (χ2n) is 13.6. The molecule has 8 aromatic heterocycles. The van der Waals surface area contributed by atoms with Crippen LogP contribution in [0.2, 0.25) is 0 Å². The molecule has 10 rings (SSSR count). The van der Waals surface area contributed by atoms with Gasteiger partial charge >= 0.3 is 0 Å². The summed E-state index contributed by atoms with van der Waals surface area (Å²) in [6.45, 7) is 0. The number of aromatic nitrogens is 8. The quantitative estimate of drug-likeness (QED) is 0.117. The SMILES string of the molecule is [O-2].[O-][Cl+3]([O-])([O-])[O-].[O-][Cl+3]([O-])([O-])[O-].[O-][Cl+3]([O-])([O-])[O-].[O-][Cl+3]([O-])([O-])[O-].[OH-].[Pb].[Pb].c1ccc(-c2ccc3ccc4ccc(-c5ccccn5)nc4c3n2)nc1.c1ccc(-c2ccc3ccc4ccc(-c5ccccn5)nc4c3n2)nc1. The van der Waals surface area contributed by atoms with Crippen molar-refractivity contribution in [1.29, 1.82) is 0 Å². The fourth-order valence-electron chi connectivity index (χ4n) is 6.16. The number of hydrogen-bond acceptors (Lipinski definition) is 25. The molecule has 0 spiro atoms. The predicted molar refractivity (Wildman–Crippen MR) is 221 cm³/mol. The van der Waals surface area contributed by atoms with E-state index in [1.54, 1.807) is 24.8 Å². The molecule has 32 heteroatoms. The van der Waals surface area contributed by atoms with Crippen LogP contribution in [0.25, 0.3) is 89.2 Å². The van der Waals surface area contributed by atoms with Crippen LogP contribution in [-0.4, -0.2) is 99.9 Å². The standard InChI is InChI=1S/2C22H14N4.4ClHO4.H2O.O.2Pb/c2*1-3-13-23-17(5-1)19-11-9-15-7-8-16-10-12-20(18-6-2-4-14-24-18)26-22(16)21(15)25-19;4*2-1(3,4)5;;;;/h2*1-14H;4*(H,2,3,4,5);1H2;;;/q;;;;;;;-2;;/p-5. The molecule has 26 nitrogen and oxygen atoms in total. The van der Waals surface area contributed by atoms with Gasteiger partial charge in [0, 0.05) is 101 Å². The Kier molecular flexibility index (Phi) is 28.5. The van der Waals surface area contributed by atoms with Crippen LogP contribution in [0.15, 0.2) is 170 Å². The maximum atomic E-state index is 8.49. The van der Waals surface area contributed by atoms with Crippen LogP contribution in [0.3, 0.4) is 0 Å². The molecule has 0 bridgehead atoms. The predicted octanol–water partition coefficient (Wildman–Crippen LogP) is -10.3. The van der Waals surface area contributed by atoms with E-state index in [0.29, 0.717) is 0 Å². The van der Waals surface area contributed by atoms with Crippen LogP contribution in [0, 0.1) is 41.0 Å². The molecule has 0 saturated heterocycles. The summed E-state index contributed by atoms with van der Waals surface area (Å²) in [5.41, 5.74) is 10.3. The molecule has 1 N–H and O–H groups in total. The fraction of sp³-hybridized carbons (Fsp3) is 0. The molecule has 0 aliphatic rings. The minimum absolute atomic E-state index is 0. The van der Waals surface area contributed by atoms with Crippen molar-refractivity contribution < 1.29 is 126 Å². The van der Waals surface area contributed by atoms with Crippen molar-refractivity contribution in [2.75, 3.05) is 0 Å². The van der Waals surface area contributed by atoms with E-state index in [0.717, 1.165) is 89.2 Å². The second-order valence-corrected chi connectivity index (χ2v) is 16.6. The molecule has 76 heavy (non-hydrogen) atoms. The molecular weight excluding hydrogens is 1480 g/mol. The van der Waals surface area contributed by atoms with Gasteiger partial charge in [-0.25, -0.2) is 94.5 Å². The number of nitrogens with zero attached hydrogens (tertiary/aromatic N) is 8. The molecule has 0 unspecified atom stereocenters. The van der Waals surface area contributed by atoms with E-state index in [1.165, 1.54) is 0 Å². The first kappa shape index (κ1) is 69.0. The first-order valence-corrected chi connectivity index (χ1v) is 24.2. The number of benzene rings is 2. The van der Waals surface area contributed by atoms with Crippen molar-refractivity contribution in [2.45, 2.75) is 0 Å². The molecule has 8 radical (unpaired) electrons. The third-order valence-corrected chi connectivity index (χ3v) is 8.75. The summed E-state index contributed by atoms with van der Waals surface area (Å²) in [4.78, 5) is 37.1. The Morgan fingerprint density at radius 2 is 0.395 bits per heavy atom. The Bertz CT molecular complexity index is 2860. The van der Waals surface area contributed by atoms with Crippen molar-refractivity contribution in [2.24, 2.45) is 0 Å². The second kappa shape index (κ2) is 31.4. The molecule has 396 valence electrons. The molecule has 0 saturated carbocycles. The number of pyridine rings is 8. The van der Waals surface area contributed by atoms with Gasteiger partial charge in [0.05, 0.1) is 67.6 Å². The van der Waals surface area contributed by atoms with Gasteiger partial charge in [-0.2, -0.15) is 0 Å². The third-order valence-electron chi connectivity index (χ3n) is 8.75. The molecule has 2 aromatic carbocycles. The molecule has 0 fully saturated rings. The van der Waals surface area contributed by atoms with Crippen molar-refractivity contribution in [3.8, 4) is 45.6 Å². The van der Waals surface area contributed by atoms with Gasteiger partial charge < -0.3 is 11.0 Å². The topological polar surface area (TPSA) is 531 Å². The minimum atomic E-state index is -4.94. The molecule has 0 aliphatic heterocycles. The molecule has 0 amide bonds. The van der Waals surface area contributed by atoms with Crippen LogP contribution in [0.4, 0.5) is 0 Å². The molecule has 10 aromatic rings. The van der Waals surface area contributed by atoms with E-state index in [9.17, 15) is 0 Å². The molecule has 0 aliphatic carbocycles. The van der Waals surface area contributed by atoms with Crippen LogP contribution in [-0.2, 0) is 5.48 Å². The van der Waals surface area contributed by atoms with E-state index < -0.39 is 41.0 Å². The Balaban J connectivity index is 0.000000542. The summed E-state index contributed by atoms with van der Waals surface area (Å²) in [6, 6.07) is 47.9. The van der Waals surface area contributed by atoms with E-state index >= 15 is 0 Å². The Morgan fingerprint density at radius 1 is 0.237 bits per heavy atom. The third kappa shape index (κ3) is 25.0. The fourth-order valence-corrected chi connectivity index (χ4v) is 6.16. The van der Waals surface area contributed by atoms with Gasteiger partial charge in [0.1, 0.15) is 0 Å². The van der Waals surface area contributed by atoms with Gasteiger partial charge in [-0.1, -0.05) is 72.8 Å². The maximum Gasteiger partial charge on any atom is 0.0973 e. The Labute approximate surface area is 476 Å². The summed E-state index contributed by atoms with van der Waals surface area (Å²) in [5, 5.41) is 4.23. The monoisotopic (exact) mass is 1510 g/mol. The Morgan fingerprint density at radius 3 is 0.539 bits per heavy atom. The van der Waals surface area contributed by atoms with Crippen molar-refractivity contribution in [3.63, 3.8) is 0 Å². The van der Waals surface area contributed by atoms with Crippen molar-refractivity contribution in [3.05, 3.63) is 170 Å². The summed E-state index contributed by atoms with van der Waals surface area (Å²) >= 11 is 0. The van der Waals surface area contributed by atoms with Crippen LogP contribution in [0.1, 0.15) is 0 Å². The van der Waals surface area contributed by atoms with Crippen LogP contribution >= 0.6 is 0 Å². The van der Waals surface area contributed by atoms with Gasteiger partial charge in [0.2, 0.25) is 0 Å². The van der Waals surface area contributed by atoms with Crippen molar-refractivity contribution in [1.82, 2.24) is 39.9 Å². The molecular formula is C44H29Cl4N8O18Pb2-7. The minimum Gasteiger partial charge on any atom is -2.00 e. The largest absolute Gasteiger partial charge is 2.00 e. The zero-order valence-corrected chi connectivity index (χ0v) is 48.4. The summed E-state index contributed by atoms with van der Waals surface area (Å²) in [7, 11) is -19.8. The summed E-state index contributed by atoms with van der Waals surface area (Å²) < 4.78 is 136. The maximum absolute atomic E-state index is 8.49. The molecule has 0 atom stereocenters. The zero-order chi connectivity index (χ0) is 52.7. The molecule has 8 heterocycles. The van der Waals surface area contributed by atoms with E-state index in [2.05, 4.69) is 68.5 Å². The van der Waals surface area contributed by atoms with Gasteiger partial charge in [0.15, 0.2) is 0 Å². The average Bonchev–Trinajstić information content (AvgIpc) is 3.32. The first-order valence-electron chi connectivity index (χ1n) is 19.3. The number of fused-ring (bicyclic) bond motifs is 6. The number of halogens is 4. The normalized spacial score (nSPS) is 10.7. The average molecular weight is 1510 g/mol. The van der Waals surface area contributed by atoms with Crippen molar-refractivity contribution >= 4 is 98.2 Å². The number of hydrogen-bond donors (Lipinski definition) is 0. The van der Waals surface area contributed by atoms with E-state index in [4.69, 9.17) is 94.5 Å². The van der Waals surface area contributed by atoms with Crippen LogP contribution < -0.4 is 74.5 Å². The summed E-state index contributed by atoms with van der Waals surface area (Å²) in [6.07, 6.45) is 7.12. The van der Waals surface area contributed by atoms with Gasteiger partial charge in [-0.3, -0.25) is 19.9 Å². The number of rotatable bonds is 4. The Hall–Kier alpha value is -5.04.